The van der Waals surface area contributed by atoms with Crippen molar-refractivity contribution in [3.63, 3.8) is 0 Å². The third-order valence-electron chi connectivity index (χ3n) is 5.50. The van der Waals surface area contributed by atoms with Crippen molar-refractivity contribution in [1.29, 1.82) is 0 Å². The molecule has 0 atom stereocenters. The van der Waals surface area contributed by atoms with Gasteiger partial charge in [-0.25, -0.2) is 4.98 Å². The van der Waals surface area contributed by atoms with Crippen LogP contribution in [0.2, 0.25) is 0 Å². The number of imidazole rings is 1. The van der Waals surface area contributed by atoms with Crippen LogP contribution in [0.4, 0.5) is 0 Å². The summed E-state index contributed by atoms with van der Waals surface area (Å²) >= 11 is 0. The van der Waals surface area contributed by atoms with Crippen LogP contribution in [0.1, 0.15) is 53.9 Å². The molecular weight excluding hydrogens is 352 g/mol. The van der Waals surface area contributed by atoms with Crippen LogP contribution >= 0.6 is 0 Å². The van der Waals surface area contributed by atoms with Gasteiger partial charge >= 0.3 is 5.97 Å². The van der Waals surface area contributed by atoms with Crippen molar-refractivity contribution in [1.82, 2.24) is 9.55 Å². The highest BCUT2D eigenvalue weighted by atomic mass is 16.5. The van der Waals surface area contributed by atoms with Crippen LogP contribution in [0.3, 0.4) is 0 Å². The first-order valence-corrected chi connectivity index (χ1v) is 9.89. The van der Waals surface area contributed by atoms with Crippen LogP contribution in [-0.4, -0.2) is 27.9 Å². The molecule has 0 saturated heterocycles. The van der Waals surface area contributed by atoms with Gasteiger partial charge in [-0.05, 0) is 36.5 Å². The zero-order valence-electron chi connectivity index (χ0n) is 15.8. The molecule has 1 heterocycles. The summed E-state index contributed by atoms with van der Waals surface area (Å²) in [7, 11) is 0. The van der Waals surface area contributed by atoms with Crippen LogP contribution in [0, 0.1) is 0 Å². The lowest BCUT2D eigenvalue weighted by atomic mass is 9.84. The molecule has 1 aliphatic rings. The van der Waals surface area contributed by atoms with E-state index in [1.54, 1.807) is 10.9 Å². The molecule has 5 nitrogen and oxygen atoms in total. The number of Topliss-reactive ketones (excluding diaryl/α,β-unsaturated/α-hetero) is 1. The summed E-state index contributed by atoms with van der Waals surface area (Å²) < 4.78 is 6.91. The van der Waals surface area contributed by atoms with E-state index in [2.05, 4.69) is 4.98 Å². The number of ether oxygens (including phenoxy) is 1. The topological polar surface area (TPSA) is 61.2 Å². The lowest BCUT2D eigenvalue weighted by Crippen LogP contribution is -2.18. The number of fused-ring (bicyclic) bond motifs is 1. The lowest BCUT2D eigenvalue weighted by Gasteiger charge is -2.22. The van der Waals surface area contributed by atoms with Gasteiger partial charge in [-0.15, -0.1) is 0 Å². The molecule has 1 saturated carbocycles. The number of ketones is 1. The molecule has 1 fully saturated rings. The van der Waals surface area contributed by atoms with Gasteiger partial charge in [0.25, 0.3) is 0 Å². The van der Waals surface area contributed by atoms with Gasteiger partial charge in [0.05, 0.1) is 17.4 Å². The van der Waals surface area contributed by atoms with Crippen molar-refractivity contribution < 1.29 is 14.3 Å². The number of para-hydroxylation sites is 2. The molecule has 1 aliphatic carbocycles. The number of benzene rings is 2. The predicted molar refractivity (Wildman–Crippen MR) is 107 cm³/mol. The van der Waals surface area contributed by atoms with Gasteiger partial charge in [0, 0.05) is 5.56 Å². The molecule has 0 amide bonds. The Kier molecular flexibility index (Phi) is 5.51. The molecule has 0 N–H and O–H groups in total. The Bertz CT molecular complexity index is 969. The Morgan fingerprint density at radius 2 is 1.75 bits per heavy atom. The summed E-state index contributed by atoms with van der Waals surface area (Å²) in [6.45, 7) is -0.206. The fraction of sp³-hybridized carbons (Fsp3) is 0.348. The first-order valence-electron chi connectivity index (χ1n) is 9.89. The molecular formula is C23H24N2O3. The molecule has 0 spiro atoms. The van der Waals surface area contributed by atoms with Crippen molar-refractivity contribution in [2.24, 2.45) is 0 Å². The molecule has 4 rings (SSSR count). The SMILES string of the molecule is O=C(Cn1cnc2ccccc21)OCC(=O)c1ccc(C2CCCCC2)cc1. The second-order valence-corrected chi connectivity index (χ2v) is 7.40. The summed E-state index contributed by atoms with van der Waals surface area (Å²) in [5, 5.41) is 0. The molecule has 2 aromatic carbocycles. The van der Waals surface area contributed by atoms with E-state index >= 15 is 0 Å². The number of aromatic nitrogens is 2. The molecule has 0 bridgehead atoms. The number of rotatable bonds is 6. The molecule has 0 unspecified atom stereocenters. The van der Waals surface area contributed by atoms with Crippen LogP contribution in [0.15, 0.2) is 54.9 Å². The van der Waals surface area contributed by atoms with E-state index in [4.69, 9.17) is 4.74 Å². The summed E-state index contributed by atoms with van der Waals surface area (Å²) in [6.07, 6.45) is 7.97. The summed E-state index contributed by atoms with van der Waals surface area (Å²) in [5.74, 6) is -0.0184. The minimum absolute atomic E-state index is 0.0361. The van der Waals surface area contributed by atoms with Crippen LogP contribution in [-0.2, 0) is 16.1 Å². The van der Waals surface area contributed by atoms with Gasteiger partial charge in [0.1, 0.15) is 6.54 Å². The molecule has 28 heavy (non-hydrogen) atoms. The number of hydrogen-bond acceptors (Lipinski definition) is 4. The highest BCUT2D eigenvalue weighted by Gasteiger charge is 2.16. The molecule has 0 aliphatic heterocycles. The van der Waals surface area contributed by atoms with Crippen molar-refractivity contribution >= 4 is 22.8 Å². The van der Waals surface area contributed by atoms with Crippen molar-refractivity contribution in [2.75, 3.05) is 6.61 Å². The predicted octanol–water partition coefficient (Wildman–Crippen LogP) is 4.51. The van der Waals surface area contributed by atoms with Gasteiger partial charge in [-0.3, -0.25) is 9.59 Å². The minimum Gasteiger partial charge on any atom is -0.456 e. The highest BCUT2D eigenvalue weighted by molar-refractivity contribution is 5.98. The Morgan fingerprint density at radius 1 is 1.00 bits per heavy atom. The van der Waals surface area contributed by atoms with Gasteiger partial charge in [-0.2, -0.15) is 0 Å². The number of carbonyl (C=O) groups excluding carboxylic acids is 2. The number of carbonyl (C=O) groups is 2. The van der Waals surface area contributed by atoms with Crippen molar-refractivity contribution in [3.05, 3.63) is 66.0 Å². The fourth-order valence-electron chi connectivity index (χ4n) is 3.93. The Balaban J connectivity index is 1.31. The fourth-order valence-corrected chi connectivity index (χ4v) is 3.93. The quantitative estimate of drug-likeness (QED) is 0.469. The third kappa shape index (κ3) is 4.14. The van der Waals surface area contributed by atoms with E-state index in [-0.39, 0.29) is 18.9 Å². The molecule has 144 valence electrons. The maximum absolute atomic E-state index is 12.4. The zero-order chi connectivity index (χ0) is 19.3. The molecule has 0 radical (unpaired) electrons. The average molecular weight is 376 g/mol. The van der Waals surface area contributed by atoms with E-state index in [0.717, 1.165) is 11.0 Å². The smallest absolute Gasteiger partial charge is 0.326 e. The van der Waals surface area contributed by atoms with Gasteiger partial charge in [0.15, 0.2) is 12.4 Å². The van der Waals surface area contributed by atoms with Crippen LogP contribution in [0.25, 0.3) is 11.0 Å². The Labute approximate surface area is 164 Å². The molecule has 1 aromatic heterocycles. The van der Waals surface area contributed by atoms with Crippen molar-refractivity contribution in [3.8, 4) is 0 Å². The van der Waals surface area contributed by atoms with Gasteiger partial charge < -0.3 is 9.30 Å². The normalized spacial score (nSPS) is 14.9. The van der Waals surface area contributed by atoms with Gasteiger partial charge in [-0.1, -0.05) is 55.7 Å². The summed E-state index contributed by atoms with van der Waals surface area (Å²) in [5.41, 5.74) is 3.58. The molecule has 5 heteroatoms. The molecule has 3 aromatic rings. The Morgan fingerprint density at radius 3 is 2.54 bits per heavy atom. The third-order valence-corrected chi connectivity index (χ3v) is 5.50. The first-order chi connectivity index (χ1) is 13.7. The zero-order valence-corrected chi connectivity index (χ0v) is 15.8. The summed E-state index contributed by atoms with van der Waals surface area (Å²) in [4.78, 5) is 28.7. The standard InChI is InChI=1S/C23H24N2O3/c26-22(19-12-10-18(11-13-19)17-6-2-1-3-7-17)15-28-23(27)14-25-16-24-20-8-4-5-9-21(20)25/h4-5,8-13,16-17H,1-3,6-7,14-15H2. The van der Waals surface area contributed by atoms with Crippen LogP contribution in [0.5, 0.6) is 0 Å². The number of nitrogens with zero attached hydrogens (tertiary/aromatic N) is 2. The van der Waals surface area contributed by atoms with E-state index < -0.39 is 5.97 Å². The Hall–Kier alpha value is -2.95. The van der Waals surface area contributed by atoms with E-state index in [0.29, 0.717) is 11.5 Å². The van der Waals surface area contributed by atoms with Crippen LogP contribution < -0.4 is 0 Å². The first kappa shape index (κ1) is 18.4. The minimum atomic E-state index is -0.449. The van der Waals surface area contributed by atoms with Gasteiger partial charge in [0.2, 0.25) is 0 Å². The average Bonchev–Trinajstić information content (AvgIpc) is 3.15. The van der Waals surface area contributed by atoms with E-state index in [1.807, 2.05) is 48.5 Å². The second kappa shape index (κ2) is 8.38. The van der Waals surface area contributed by atoms with Crippen molar-refractivity contribution in [2.45, 2.75) is 44.6 Å². The second-order valence-electron chi connectivity index (χ2n) is 7.40. The monoisotopic (exact) mass is 376 g/mol. The maximum atomic E-state index is 12.4. The lowest BCUT2D eigenvalue weighted by molar-refractivity contribution is -0.143. The number of hydrogen-bond donors (Lipinski definition) is 0. The summed E-state index contributed by atoms with van der Waals surface area (Å²) in [6, 6.07) is 15.4. The number of esters is 1. The largest absolute Gasteiger partial charge is 0.456 e. The maximum Gasteiger partial charge on any atom is 0.326 e. The van der Waals surface area contributed by atoms with E-state index in [1.165, 1.54) is 37.7 Å². The highest BCUT2D eigenvalue weighted by Crippen LogP contribution is 2.32. The van der Waals surface area contributed by atoms with E-state index in [9.17, 15) is 9.59 Å².